The first-order valence-corrected chi connectivity index (χ1v) is 10.3. The normalized spacial score (nSPS) is 19.9. The Labute approximate surface area is 187 Å². The fourth-order valence-corrected chi connectivity index (χ4v) is 3.85. The molecular formula is C20H36IN7. The molecule has 2 saturated heterocycles. The number of nitrogens with one attached hydrogen (secondary N) is 1. The number of guanidine groups is 1. The third kappa shape index (κ3) is 7.04. The van der Waals surface area contributed by atoms with Gasteiger partial charge < -0.3 is 24.9 Å². The summed E-state index contributed by atoms with van der Waals surface area (Å²) in [5.74, 6) is 2.11. The standard InChI is InChI=1S/C20H35N7.HI/c1-21-20(23-9-5-11-25-12-6-10-24(2)13-14-25)27-17-15-26(16-18-27)19-7-3-4-8-22-19;/h3-4,7-8H,5-6,9-18H2,1-2H3,(H,21,23);1H. The number of aromatic nitrogens is 1. The second kappa shape index (κ2) is 12.4. The summed E-state index contributed by atoms with van der Waals surface area (Å²) in [4.78, 5) is 18.7. The van der Waals surface area contributed by atoms with E-state index >= 15 is 0 Å². The molecule has 1 aromatic heterocycles. The Bertz CT molecular complexity index is 575. The van der Waals surface area contributed by atoms with Gasteiger partial charge >= 0.3 is 0 Å². The lowest BCUT2D eigenvalue weighted by atomic mass is 10.3. The minimum Gasteiger partial charge on any atom is -0.356 e. The predicted octanol–water partition coefficient (Wildman–Crippen LogP) is 1.42. The zero-order valence-corrected chi connectivity index (χ0v) is 19.7. The van der Waals surface area contributed by atoms with Gasteiger partial charge in [0.1, 0.15) is 5.82 Å². The topological polar surface area (TPSA) is 50.2 Å². The van der Waals surface area contributed by atoms with Gasteiger partial charge in [0, 0.05) is 59.1 Å². The summed E-state index contributed by atoms with van der Waals surface area (Å²) in [6.07, 6.45) is 4.31. The average Bonchev–Trinajstić information content (AvgIpc) is 2.93. The Morgan fingerprint density at radius 3 is 2.61 bits per heavy atom. The molecule has 0 unspecified atom stereocenters. The predicted molar refractivity (Wildman–Crippen MR) is 128 cm³/mol. The van der Waals surface area contributed by atoms with E-state index in [4.69, 9.17) is 0 Å². The van der Waals surface area contributed by atoms with Gasteiger partial charge in [0.2, 0.25) is 0 Å². The molecular weight excluding hydrogens is 465 g/mol. The van der Waals surface area contributed by atoms with Crippen molar-refractivity contribution in [3.05, 3.63) is 24.4 Å². The molecule has 28 heavy (non-hydrogen) atoms. The van der Waals surface area contributed by atoms with Crippen LogP contribution >= 0.6 is 24.0 Å². The SMILES string of the molecule is CN=C(NCCCN1CCCN(C)CC1)N1CCN(c2ccccn2)CC1.I. The maximum atomic E-state index is 4.50. The van der Waals surface area contributed by atoms with Crippen molar-refractivity contribution in [2.45, 2.75) is 12.8 Å². The number of aliphatic imine (C=N–C) groups is 1. The van der Waals surface area contributed by atoms with Crippen molar-refractivity contribution >= 4 is 35.8 Å². The minimum absolute atomic E-state index is 0. The highest BCUT2D eigenvalue weighted by molar-refractivity contribution is 14.0. The first-order chi connectivity index (χ1) is 13.3. The molecule has 0 radical (unpaired) electrons. The number of anilines is 1. The van der Waals surface area contributed by atoms with Gasteiger partial charge in [0.15, 0.2) is 5.96 Å². The molecule has 0 saturated carbocycles. The summed E-state index contributed by atoms with van der Waals surface area (Å²) in [6, 6.07) is 6.11. The van der Waals surface area contributed by atoms with E-state index in [9.17, 15) is 0 Å². The van der Waals surface area contributed by atoms with Crippen LogP contribution in [0.15, 0.2) is 29.4 Å². The van der Waals surface area contributed by atoms with Crippen molar-refractivity contribution in [2.24, 2.45) is 4.99 Å². The van der Waals surface area contributed by atoms with Gasteiger partial charge in [-0.25, -0.2) is 4.98 Å². The van der Waals surface area contributed by atoms with Crippen molar-refractivity contribution in [1.82, 2.24) is 25.0 Å². The number of hydrogen-bond acceptors (Lipinski definition) is 5. The number of piperazine rings is 1. The van der Waals surface area contributed by atoms with E-state index in [2.05, 4.69) is 54.1 Å². The number of likely N-dealkylation sites (N-methyl/N-ethyl adjacent to an activating group) is 1. The summed E-state index contributed by atoms with van der Waals surface area (Å²) in [5.41, 5.74) is 0. The molecule has 0 amide bonds. The van der Waals surface area contributed by atoms with Gasteiger partial charge in [-0.15, -0.1) is 24.0 Å². The molecule has 1 aromatic rings. The Morgan fingerprint density at radius 1 is 1.07 bits per heavy atom. The van der Waals surface area contributed by atoms with Crippen LogP contribution < -0.4 is 10.2 Å². The van der Waals surface area contributed by atoms with Crippen molar-refractivity contribution < 1.29 is 0 Å². The molecule has 0 aromatic carbocycles. The summed E-state index contributed by atoms with van der Waals surface area (Å²) in [7, 11) is 4.11. The van der Waals surface area contributed by atoms with E-state index in [1.807, 2.05) is 19.3 Å². The number of rotatable bonds is 5. The number of halogens is 1. The Hall–Kier alpha value is -1.13. The number of nitrogens with zero attached hydrogens (tertiary/aromatic N) is 6. The van der Waals surface area contributed by atoms with Crippen LogP contribution in [0.1, 0.15) is 12.8 Å². The largest absolute Gasteiger partial charge is 0.356 e. The molecule has 0 bridgehead atoms. The highest BCUT2D eigenvalue weighted by Gasteiger charge is 2.20. The second-order valence-electron chi connectivity index (χ2n) is 7.49. The lowest BCUT2D eigenvalue weighted by Crippen LogP contribution is -2.53. The van der Waals surface area contributed by atoms with Gasteiger partial charge in [-0.3, -0.25) is 4.99 Å². The summed E-state index contributed by atoms with van der Waals surface area (Å²) in [6.45, 7) is 10.9. The van der Waals surface area contributed by atoms with E-state index < -0.39 is 0 Å². The van der Waals surface area contributed by atoms with Crippen molar-refractivity contribution in [2.75, 3.05) is 84.4 Å². The van der Waals surface area contributed by atoms with E-state index in [1.165, 1.54) is 39.1 Å². The molecule has 0 aliphatic carbocycles. The van der Waals surface area contributed by atoms with Crippen molar-refractivity contribution in [3.8, 4) is 0 Å². The number of pyridine rings is 1. The highest BCUT2D eigenvalue weighted by Crippen LogP contribution is 2.12. The fourth-order valence-electron chi connectivity index (χ4n) is 3.85. The van der Waals surface area contributed by atoms with Crippen molar-refractivity contribution in [1.29, 1.82) is 0 Å². The van der Waals surface area contributed by atoms with Gasteiger partial charge in [-0.05, 0) is 51.7 Å². The van der Waals surface area contributed by atoms with Crippen LogP contribution in [0.25, 0.3) is 0 Å². The van der Waals surface area contributed by atoms with Gasteiger partial charge in [0.05, 0.1) is 0 Å². The lowest BCUT2D eigenvalue weighted by Gasteiger charge is -2.37. The summed E-state index contributed by atoms with van der Waals surface area (Å²) < 4.78 is 0. The van der Waals surface area contributed by atoms with Gasteiger partial charge in [0.25, 0.3) is 0 Å². The van der Waals surface area contributed by atoms with E-state index in [-0.39, 0.29) is 24.0 Å². The highest BCUT2D eigenvalue weighted by atomic mass is 127. The molecule has 7 nitrogen and oxygen atoms in total. The first kappa shape index (κ1) is 23.2. The maximum Gasteiger partial charge on any atom is 0.193 e. The molecule has 0 atom stereocenters. The van der Waals surface area contributed by atoms with Crippen LogP contribution in [0.4, 0.5) is 5.82 Å². The van der Waals surface area contributed by atoms with Crippen molar-refractivity contribution in [3.63, 3.8) is 0 Å². The van der Waals surface area contributed by atoms with Crippen LogP contribution in [0, 0.1) is 0 Å². The molecule has 1 N–H and O–H groups in total. The quantitative estimate of drug-likeness (QED) is 0.285. The fraction of sp³-hybridized carbons (Fsp3) is 0.700. The van der Waals surface area contributed by atoms with E-state index in [0.717, 1.165) is 50.9 Å². The summed E-state index contributed by atoms with van der Waals surface area (Å²) >= 11 is 0. The van der Waals surface area contributed by atoms with Crippen LogP contribution in [0.5, 0.6) is 0 Å². The Balaban J connectivity index is 0.00000280. The van der Waals surface area contributed by atoms with Crippen LogP contribution in [0.3, 0.4) is 0 Å². The first-order valence-electron chi connectivity index (χ1n) is 10.3. The monoisotopic (exact) mass is 501 g/mol. The van der Waals surface area contributed by atoms with Gasteiger partial charge in [-0.2, -0.15) is 0 Å². The molecule has 158 valence electrons. The Morgan fingerprint density at radius 2 is 1.89 bits per heavy atom. The molecule has 2 fully saturated rings. The Kier molecular flexibility index (Phi) is 10.3. The second-order valence-corrected chi connectivity index (χ2v) is 7.49. The van der Waals surface area contributed by atoms with E-state index in [1.54, 1.807) is 0 Å². The average molecular weight is 501 g/mol. The molecule has 2 aliphatic heterocycles. The molecule has 0 spiro atoms. The number of hydrogen-bond donors (Lipinski definition) is 1. The zero-order chi connectivity index (χ0) is 18.9. The minimum atomic E-state index is 0. The maximum absolute atomic E-state index is 4.50. The third-order valence-corrected chi connectivity index (χ3v) is 5.51. The third-order valence-electron chi connectivity index (χ3n) is 5.51. The van der Waals surface area contributed by atoms with Crippen LogP contribution in [0.2, 0.25) is 0 Å². The van der Waals surface area contributed by atoms with Crippen LogP contribution in [-0.4, -0.2) is 105 Å². The molecule has 3 heterocycles. The smallest absolute Gasteiger partial charge is 0.193 e. The van der Waals surface area contributed by atoms with Crippen LogP contribution in [-0.2, 0) is 0 Å². The van der Waals surface area contributed by atoms with Gasteiger partial charge in [-0.1, -0.05) is 6.07 Å². The molecule has 3 rings (SSSR count). The van der Waals surface area contributed by atoms with E-state index in [0.29, 0.717) is 0 Å². The lowest BCUT2D eigenvalue weighted by molar-refractivity contribution is 0.273. The summed E-state index contributed by atoms with van der Waals surface area (Å²) in [5, 5.41) is 3.56. The zero-order valence-electron chi connectivity index (χ0n) is 17.4. The molecule has 2 aliphatic rings. The molecule has 8 heteroatoms.